The standard InChI is InChI=1S/C19H22N4O2/c1-13-21-15(9-10-18(20)24)12-16(22-13)17-8-5-11-23(17)19(25)14-6-3-2-4-7-14/h2-4,6-7,12,17H,5,8-11H2,1H3,(H2,20,24). The van der Waals surface area contributed by atoms with Crippen molar-refractivity contribution < 1.29 is 9.59 Å². The first-order chi connectivity index (χ1) is 12.0. The number of nitrogens with two attached hydrogens (primary N) is 1. The molecule has 1 atom stereocenters. The van der Waals surface area contributed by atoms with Crippen LogP contribution in [0, 0.1) is 6.92 Å². The largest absolute Gasteiger partial charge is 0.370 e. The number of primary amides is 1. The normalized spacial score (nSPS) is 16.8. The Morgan fingerprint density at radius 2 is 2.00 bits per heavy atom. The predicted octanol–water partition coefficient (Wildman–Crippen LogP) is 2.18. The first kappa shape index (κ1) is 17.1. The topological polar surface area (TPSA) is 89.2 Å². The molecule has 0 radical (unpaired) electrons. The van der Waals surface area contributed by atoms with E-state index in [-0.39, 0.29) is 24.3 Å². The average molecular weight is 338 g/mol. The van der Waals surface area contributed by atoms with E-state index in [9.17, 15) is 9.59 Å². The molecule has 2 heterocycles. The minimum atomic E-state index is -0.348. The Morgan fingerprint density at radius 3 is 2.72 bits per heavy atom. The molecule has 6 nitrogen and oxygen atoms in total. The fourth-order valence-corrected chi connectivity index (χ4v) is 3.27. The Morgan fingerprint density at radius 1 is 1.24 bits per heavy atom. The van der Waals surface area contributed by atoms with Crippen LogP contribution in [-0.4, -0.2) is 33.2 Å². The number of benzene rings is 1. The van der Waals surface area contributed by atoms with Crippen LogP contribution in [-0.2, 0) is 11.2 Å². The lowest BCUT2D eigenvalue weighted by molar-refractivity contribution is -0.118. The minimum absolute atomic E-state index is 0.0260. The maximum atomic E-state index is 12.8. The van der Waals surface area contributed by atoms with E-state index >= 15 is 0 Å². The molecule has 1 unspecified atom stereocenters. The van der Waals surface area contributed by atoms with Gasteiger partial charge in [0.05, 0.1) is 11.7 Å². The third-order valence-electron chi connectivity index (χ3n) is 4.41. The molecule has 1 aliphatic heterocycles. The third-order valence-corrected chi connectivity index (χ3v) is 4.41. The molecule has 3 rings (SSSR count). The average Bonchev–Trinajstić information content (AvgIpc) is 3.09. The number of nitrogens with zero attached hydrogens (tertiary/aromatic N) is 3. The lowest BCUT2D eigenvalue weighted by Crippen LogP contribution is -2.31. The summed E-state index contributed by atoms with van der Waals surface area (Å²) < 4.78 is 0. The second-order valence-electron chi connectivity index (χ2n) is 6.32. The quantitative estimate of drug-likeness (QED) is 0.905. The lowest BCUT2D eigenvalue weighted by Gasteiger charge is -2.25. The number of aryl methyl sites for hydroxylation is 2. The van der Waals surface area contributed by atoms with Crippen molar-refractivity contribution in [2.75, 3.05) is 6.54 Å². The molecule has 0 saturated carbocycles. The monoisotopic (exact) mass is 338 g/mol. The van der Waals surface area contributed by atoms with E-state index in [1.807, 2.05) is 48.2 Å². The van der Waals surface area contributed by atoms with Gasteiger partial charge in [-0.15, -0.1) is 0 Å². The molecule has 1 fully saturated rings. The van der Waals surface area contributed by atoms with Crippen molar-refractivity contribution in [2.24, 2.45) is 5.73 Å². The second-order valence-corrected chi connectivity index (χ2v) is 6.32. The molecule has 25 heavy (non-hydrogen) atoms. The molecule has 0 spiro atoms. The second kappa shape index (κ2) is 7.42. The fourth-order valence-electron chi connectivity index (χ4n) is 3.27. The van der Waals surface area contributed by atoms with Gasteiger partial charge in [-0.2, -0.15) is 0 Å². The van der Waals surface area contributed by atoms with Crippen LogP contribution in [0.1, 0.15) is 52.9 Å². The van der Waals surface area contributed by atoms with Crippen molar-refractivity contribution in [3.63, 3.8) is 0 Å². The maximum Gasteiger partial charge on any atom is 0.254 e. The first-order valence-corrected chi connectivity index (χ1v) is 8.53. The lowest BCUT2D eigenvalue weighted by atomic mass is 10.1. The zero-order valence-corrected chi connectivity index (χ0v) is 14.3. The highest BCUT2D eigenvalue weighted by atomic mass is 16.2. The van der Waals surface area contributed by atoms with E-state index in [1.54, 1.807) is 0 Å². The molecule has 2 amide bonds. The highest BCUT2D eigenvalue weighted by Gasteiger charge is 2.31. The molecule has 6 heteroatoms. The zero-order valence-electron chi connectivity index (χ0n) is 14.3. The van der Waals surface area contributed by atoms with Gasteiger partial charge >= 0.3 is 0 Å². The van der Waals surface area contributed by atoms with Gasteiger partial charge in [-0.25, -0.2) is 9.97 Å². The van der Waals surface area contributed by atoms with Crippen LogP contribution in [0.15, 0.2) is 36.4 Å². The van der Waals surface area contributed by atoms with Crippen molar-refractivity contribution in [1.29, 1.82) is 0 Å². The highest BCUT2D eigenvalue weighted by molar-refractivity contribution is 5.94. The molecule has 1 aliphatic rings. The highest BCUT2D eigenvalue weighted by Crippen LogP contribution is 2.32. The van der Waals surface area contributed by atoms with Gasteiger partial charge in [0.2, 0.25) is 5.91 Å². The number of likely N-dealkylation sites (tertiary alicyclic amines) is 1. The summed E-state index contributed by atoms with van der Waals surface area (Å²) in [5.74, 6) is 0.327. The first-order valence-electron chi connectivity index (χ1n) is 8.53. The van der Waals surface area contributed by atoms with E-state index < -0.39 is 0 Å². The van der Waals surface area contributed by atoms with E-state index in [0.29, 0.717) is 17.8 Å². The summed E-state index contributed by atoms with van der Waals surface area (Å²) in [4.78, 5) is 34.7. The molecule has 0 bridgehead atoms. The molecule has 1 aromatic carbocycles. The Kier molecular flexibility index (Phi) is 5.07. The molecule has 2 aromatic rings. The van der Waals surface area contributed by atoms with Crippen molar-refractivity contribution >= 4 is 11.8 Å². The summed E-state index contributed by atoms with van der Waals surface area (Å²) in [5.41, 5.74) is 7.55. The summed E-state index contributed by atoms with van der Waals surface area (Å²) in [5, 5.41) is 0. The summed E-state index contributed by atoms with van der Waals surface area (Å²) in [7, 11) is 0. The predicted molar refractivity (Wildman–Crippen MR) is 93.7 cm³/mol. The number of aromatic nitrogens is 2. The summed E-state index contributed by atoms with van der Waals surface area (Å²) in [6, 6.07) is 11.2. The van der Waals surface area contributed by atoms with E-state index in [1.165, 1.54) is 0 Å². The van der Waals surface area contributed by atoms with Gasteiger partial charge in [-0.05, 0) is 44.4 Å². The van der Waals surface area contributed by atoms with Gasteiger partial charge in [-0.1, -0.05) is 18.2 Å². The Balaban J connectivity index is 1.84. The number of carbonyl (C=O) groups is 2. The van der Waals surface area contributed by atoms with Crippen LogP contribution in [0.4, 0.5) is 0 Å². The van der Waals surface area contributed by atoms with Gasteiger partial charge in [0.15, 0.2) is 0 Å². The van der Waals surface area contributed by atoms with Gasteiger partial charge < -0.3 is 10.6 Å². The Hall–Kier alpha value is -2.76. The van der Waals surface area contributed by atoms with Crippen molar-refractivity contribution in [3.05, 3.63) is 59.2 Å². The number of rotatable bonds is 5. The van der Waals surface area contributed by atoms with Crippen LogP contribution in [0.5, 0.6) is 0 Å². The summed E-state index contributed by atoms with van der Waals surface area (Å²) >= 11 is 0. The maximum absolute atomic E-state index is 12.8. The van der Waals surface area contributed by atoms with Crippen molar-refractivity contribution in [1.82, 2.24) is 14.9 Å². The number of hydrogen-bond acceptors (Lipinski definition) is 4. The Labute approximate surface area is 147 Å². The zero-order chi connectivity index (χ0) is 17.8. The van der Waals surface area contributed by atoms with Gasteiger partial charge in [-0.3, -0.25) is 9.59 Å². The summed E-state index contributed by atoms with van der Waals surface area (Å²) in [6.07, 6.45) is 2.57. The molecule has 1 saturated heterocycles. The Bertz CT molecular complexity index is 776. The number of amides is 2. The minimum Gasteiger partial charge on any atom is -0.370 e. The van der Waals surface area contributed by atoms with E-state index in [4.69, 9.17) is 5.73 Å². The number of hydrogen-bond donors (Lipinski definition) is 1. The molecule has 0 aliphatic carbocycles. The smallest absolute Gasteiger partial charge is 0.254 e. The van der Waals surface area contributed by atoms with Crippen LogP contribution in [0.2, 0.25) is 0 Å². The molecule has 2 N–H and O–H groups in total. The fraction of sp³-hybridized carbons (Fsp3) is 0.368. The van der Waals surface area contributed by atoms with Crippen LogP contribution < -0.4 is 5.73 Å². The van der Waals surface area contributed by atoms with Crippen LogP contribution in [0.25, 0.3) is 0 Å². The van der Waals surface area contributed by atoms with E-state index in [2.05, 4.69) is 9.97 Å². The van der Waals surface area contributed by atoms with Gasteiger partial charge in [0.1, 0.15) is 5.82 Å². The van der Waals surface area contributed by atoms with Crippen molar-refractivity contribution in [2.45, 2.75) is 38.6 Å². The molecular weight excluding hydrogens is 316 g/mol. The van der Waals surface area contributed by atoms with E-state index in [0.717, 1.165) is 30.8 Å². The molecular formula is C19H22N4O2. The molecule has 1 aromatic heterocycles. The van der Waals surface area contributed by atoms with Crippen LogP contribution in [0.3, 0.4) is 0 Å². The SMILES string of the molecule is Cc1nc(CCC(N)=O)cc(C2CCCN2C(=O)c2ccccc2)n1. The third kappa shape index (κ3) is 4.02. The van der Waals surface area contributed by atoms with Gasteiger partial charge in [0, 0.05) is 24.2 Å². The summed E-state index contributed by atoms with van der Waals surface area (Å²) in [6.45, 7) is 2.55. The van der Waals surface area contributed by atoms with Crippen LogP contribution >= 0.6 is 0 Å². The van der Waals surface area contributed by atoms with Crippen molar-refractivity contribution in [3.8, 4) is 0 Å². The molecule has 130 valence electrons. The van der Waals surface area contributed by atoms with Gasteiger partial charge in [0.25, 0.3) is 5.91 Å². The number of carbonyl (C=O) groups excluding carboxylic acids is 2.